The molecule has 0 atom stereocenters. The molecule has 0 aliphatic carbocycles. The maximum absolute atomic E-state index is 12.2. The number of hydrogen-bond acceptors (Lipinski definition) is 3. The molecule has 21 heavy (non-hydrogen) atoms. The summed E-state index contributed by atoms with van der Waals surface area (Å²) in [4.78, 5) is 24.2. The molecular formula is C15H22ClN3O2. The minimum absolute atomic E-state index is 0. The molecule has 1 aromatic carbocycles. The number of benzene rings is 1. The lowest BCUT2D eigenvalue weighted by Crippen LogP contribution is -2.35. The lowest BCUT2D eigenvalue weighted by atomic mass is 9.97. The Morgan fingerprint density at radius 2 is 1.90 bits per heavy atom. The summed E-state index contributed by atoms with van der Waals surface area (Å²) in [6, 6.07) is 7.11. The van der Waals surface area contributed by atoms with Gasteiger partial charge in [-0.1, -0.05) is 12.1 Å². The maximum Gasteiger partial charge on any atom is 0.253 e. The Labute approximate surface area is 131 Å². The molecular weight excluding hydrogens is 290 g/mol. The van der Waals surface area contributed by atoms with Gasteiger partial charge in [0, 0.05) is 12.5 Å². The largest absolute Gasteiger partial charge is 0.352 e. The number of rotatable bonds is 4. The first-order valence-electron chi connectivity index (χ1n) is 7.11. The van der Waals surface area contributed by atoms with Crippen molar-refractivity contribution in [2.24, 2.45) is 5.92 Å². The second-order valence-electron chi connectivity index (χ2n) is 4.92. The zero-order chi connectivity index (χ0) is 14.4. The molecule has 1 saturated heterocycles. The van der Waals surface area contributed by atoms with Gasteiger partial charge in [-0.05, 0) is 45.0 Å². The van der Waals surface area contributed by atoms with Crippen molar-refractivity contribution in [1.82, 2.24) is 10.6 Å². The average molecular weight is 312 g/mol. The lowest BCUT2D eigenvalue weighted by molar-refractivity contribution is -0.120. The number of halogens is 1. The number of hydrogen-bond donors (Lipinski definition) is 3. The Balaban J connectivity index is 0.00000220. The summed E-state index contributed by atoms with van der Waals surface area (Å²) in [5.74, 6) is -0.129. The minimum atomic E-state index is -0.159. The summed E-state index contributed by atoms with van der Waals surface area (Å²) in [7, 11) is 0. The molecule has 0 spiro atoms. The molecule has 1 fully saturated rings. The van der Waals surface area contributed by atoms with E-state index in [4.69, 9.17) is 0 Å². The van der Waals surface area contributed by atoms with Crippen LogP contribution in [0.3, 0.4) is 0 Å². The number of piperidine rings is 1. The third kappa shape index (κ3) is 4.72. The summed E-state index contributed by atoms with van der Waals surface area (Å²) in [6.07, 6.45) is 1.68. The number of amides is 2. The van der Waals surface area contributed by atoms with E-state index in [0.29, 0.717) is 17.8 Å². The first kappa shape index (κ1) is 17.5. The molecule has 0 aromatic heterocycles. The molecule has 0 bridgehead atoms. The Morgan fingerprint density at radius 1 is 1.24 bits per heavy atom. The Bertz CT molecular complexity index is 488. The quantitative estimate of drug-likeness (QED) is 0.794. The summed E-state index contributed by atoms with van der Waals surface area (Å²) in [5.41, 5.74) is 1.10. The smallest absolute Gasteiger partial charge is 0.253 e. The van der Waals surface area contributed by atoms with E-state index >= 15 is 0 Å². The maximum atomic E-state index is 12.2. The van der Waals surface area contributed by atoms with Gasteiger partial charge in [-0.25, -0.2) is 0 Å². The summed E-state index contributed by atoms with van der Waals surface area (Å²) >= 11 is 0. The second kappa shape index (κ2) is 8.64. The van der Waals surface area contributed by atoms with Crippen LogP contribution in [0.15, 0.2) is 24.3 Å². The molecule has 1 aromatic rings. The van der Waals surface area contributed by atoms with Gasteiger partial charge in [0.1, 0.15) is 0 Å². The zero-order valence-corrected chi connectivity index (χ0v) is 13.0. The van der Waals surface area contributed by atoms with E-state index in [0.717, 1.165) is 25.9 Å². The van der Waals surface area contributed by atoms with Crippen LogP contribution in [0.4, 0.5) is 5.69 Å². The number of para-hydroxylation sites is 1. The van der Waals surface area contributed by atoms with Crippen molar-refractivity contribution in [3.63, 3.8) is 0 Å². The highest BCUT2D eigenvalue weighted by Crippen LogP contribution is 2.19. The molecule has 0 unspecified atom stereocenters. The van der Waals surface area contributed by atoms with Gasteiger partial charge in [0.25, 0.3) is 5.91 Å². The van der Waals surface area contributed by atoms with Crippen molar-refractivity contribution < 1.29 is 9.59 Å². The van der Waals surface area contributed by atoms with Crippen LogP contribution in [-0.4, -0.2) is 31.4 Å². The number of carbonyl (C=O) groups is 2. The third-order valence-corrected chi connectivity index (χ3v) is 3.48. The highest BCUT2D eigenvalue weighted by atomic mass is 35.5. The van der Waals surface area contributed by atoms with Crippen molar-refractivity contribution in [2.45, 2.75) is 19.8 Å². The lowest BCUT2D eigenvalue weighted by Gasteiger charge is -2.22. The SMILES string of the molecule is CCNC(=O)c1ccccc1NC(=O)C1CCNCC1.Cl. The monoisotopic (exact) mass is 311 g/mol. The second-order valence-corrected chi connectivity index (χ2v) is 4.92. The third-order valence-electron chi connectivity index (χ3n) is 3.48. The van der Waals surface area contributed by atoms with Crippen molar-refractivity contribution in [1.29, 1.82) is 0 Å². The molecule has 5 nitrogen and oxygen atoms in total. The topological polar surface area (TPSA) is 70.2 Å². The normalized spacial score (nSPS) is 14.9. The number of carbonyl (C=O) groups excluding carboxylic acids is 2. The minimum Gasteiger partial charge on any atom is -0.352 e. The molecule has 1 aliphatic rings. The van der Waals surface area contributed by atoms with Crippen molar-refractivity contribution in [3.05, 3.63) is 29.8 Å². The molecule has 6 heteroatoms. The fourth-order valence-electron chi connectivity index (χ4n) is 2.36. The van der Waals surface area contributed by atoms with Crippen molar-refractivity contribution >= 4 is 29.9 Å². The highest BCUT2D eigenvalue weighted by Gasteiger charge is 2.22. The molecule has 2 amide bonds. The zero-order valence-electron chi connectivity index (χ0n) is 12.1. The van der Waals surface area contributed by atoms with Crippen molar-refractivity contribution in [3.8, 4) is 0 Å². The van der Waals surface area contributed by atoms with Crippen LogP contribution in [0.1, 0.15) is 30.1 Å². The highest BCUT2D eigenvalue weighted by molar-refractivity contribution is 6.04. The first-order chi connectivity index (χ1) is 9.72. The first-order valence-corrected chi connectivity index (χ1v) is 7.11. The van der Waals surface area contributed by atoms with E-state index in [1.165, 1.54) is 0 Å². The summed E-state index contributed by atoms with van der Waals surface area (Å²) < 4.78 is 0. The van der Waals surface area contributed by atoms with Gasteiger partial charge in [-0.2, -0.15) is 0 Å². The average Bonchev–Trinajstić information content (AvgIpc) is 2.49. The molecule has 2 rings (SSSR count). The number of anilines is 1. The molecule has 0 radical (unpaired) electrons. The van der Waals surface area contributed by atoms with Gasteiger partial charge >= 0.3 is 0 Å². The van der Waals surface area contributed by atoms with E-state index in [1.807, 2.05) is 13.0 Å². The molecule has 1 aliphatic heterocycles. The number of nitrogens with one attached hydrogen (secondary N) is 3. The van der Waals surface area contributed by atoms with Gasteiger partial charge in [-0.3, -0.25) is 9.59 Å². The molecule has 1 heterocycles. The summed E-state index contributed by atoms with van der Waals surface area (Å²) in [5, 5.41) is 8.88. The van der Waals surface area contributed by atoms with Crippen LogP contribution in [0.5, 0.6) is 0 Å². The van der Waals surface area contributed by atoms with Crippen LogP contribution >= 0.6 is 12.4 Å². The van der Waals surface area contributed by atoms with E-state index in [2.05, 4.69) is 16.0 Å². The van der Waals surface area contributed by atoms with Gasteiger partial charge in [0.2, 0.25) is 5.91 Å². The Morgan fingerprint density at radius 3 is 2.57 bits per heavy atom. The van der Waals surface area contributed by atoms with E-state index in [1.54, 1.807) is 18.2 Å². The van der Waals surface area contributed by atoms with Crippen LogP contribution in [-0.2, 0) is 4.79 Å². The van der Waals surface area contributed by atoms with Gasteiger partial charge in [0.15, 0.2) is 0 Å². The van der Waals surface area contributed by atoms with Gasteiger partial charge in [-0.15, -0.1) is 12.4 Å². The fourth-order valence-corrected chi connectivity index (χ4v) is 2.36. The standard InChI is InChI=1S/C15H21N3O2.ClH/c1-2-17-15(20)12-5-3-4-6-13(12)18-14(19)11-7-9-16-10-8-11;/h3-6,11,16H,2,7-10H2,1H3,(H,17,20)(H,18,19);1H. The molecule has 0 saturated carbocycles. The summed E-state index contributed by atoms with van der Waals surface area (Å²) in [6.45, 7) is 4.18. The van der Waals surface area contributed by atoms with E-state index in [-0.39, 0.29) is 30.1 Å². The van der Waals surface area contributed by atoms with Crippen LogP contribution in [0, 0.1) is 5.92 Å². The van der Waals surface area contributed by atoms with E-state index < -0.39 is 0 Å². The Kier molecular flexibility index (Phi) is 7.19. The van der Waals surface area contributed by atoms with Crippen molar-refractivity contribution in [2.75, 3.05) is 25.0 Å². The van der Waals surface area contributed by atoms with Crippen LogP contribution in [0.25, 0.3) is 0 Å². The van der Waals surface area contributed by atoms with Gasteiger partial charge < -0.3 is 16.0 Å². The van der Waals surface area contributed by atoms with Gasteiger partial charge in [0.05, 0.1) is 11.3 Å². The fraction of sp³-hybridized carbons (Fsp3) is 0.467. The molecule has 3 N–H and O–H groups in total. The predicted octanol–water partition coefficient (Wildman–Crippen LogP) is 1.80. The van der Waals surface area contributed by atoms with Crippen LogP contribution in [0.2, 0.25) is 0 Å². The predicted molar refractivity (Wildman–Crippen MR) is 85.9 cm³/mol. The Hall–Kier alpha value is -1.59. The molecule has 116 valence electrons. The van der Waals surface area contributed by atoms with E-state index in [9.17, 15) is 9.59 Å². The van der Waals surface area contributed by atoms with Crippen LogP contribution < -0.4 is 16.0 Å².